The summed E-state index contributed by atoms with van der Waals surface area (Å²) in [6, 6.07) is 23.4. The van der Waals surface area contributed by atoms with Crippen molar-refractivity contribution in [2.24, 2.45) is 0 Å². The lowest BCUT2D eigenvalue weighted by Crippen LogP contribution is -2.24. The van der Waals surface area contributed by atoms with Gasteiger partial charge >= 0.3 is 0 Å². The molecule has 1 atom stereocenters. The summed E-state index contributed by atoms with van der Waals surface area (Å²) in [4.78, 5) is 14.2. The number of halogens is 2. The van der Waals surface area contributed by atoms with Gasteiger partial charge in [0.05, 0.1) is 29.4 Å². The predicted octanol–water partition coefficient (Wildman–Crippen LogP) is 7.47. The molecule has 200 valence electrons. The number of aromatic nitrogens is 2. The number of carbonyl (C=O) groups excluding carboxylic acids is 1. The number of fused-ring (bicyclic) bond motifs is 1. The monoisotopic (exact) mass is 579 g/mol. The van der Waals surface area contributed by atoms with Gasteiger partial charge in [-0.05, 0) is 78.7 Å². The number of nitrogens with one attached hydrogen (secondary N) is 1. The Morgan fingerprint density at radius 3 is 2.49 bits per heavy atom. The molecule has 1 amide bonds. The Morgan fingerprint density at radius 2 is 1.74 bits per heavy atom. The summed E-state index contributed by atoms with van der Waals surface area (Å²) < 4.78 is 7.36. The van der Waals surface area contributed by atoms with Gasteiger partial charge in [-0.25, -0.2) is 0 Å². The number of amides is 1. The maximum absolute atomic E-state index is 12.6. The van der Waals surface area contributed by atoms with E-state index in [1.54, 1.807) is 13.2 Å². The van der Waals surface area contributed by atoms with Crippen molar-refractivity contribution in [1.82, 2.24) is 15.1 Å². The van der Waals surface area contributed by atoms with E-state index in [1.807, 2.05) is 53.2 Å². The molecule has 5 rings (SSSR count). The molecule has 0 saturated heterocycles. The summed E-state index contributed by atoms with van der Waals surface area (Å²) in [5, 5.41) is 20.1. The van der Waals surface area contributed by atoms with Crippen LogP contribution in [0.25, 0.3) is 33.3 Å². The van der Waals surface area contributed by atoms with Crippen molar-refractivity contribution in [3.8, 4) is 28.3 Å². The third-order valence-electron chi connectivity index (χ3n) is 6.49. The number of aliphatic hydroxyl groups excluding tert-OH is 1. The summed E-state index contributed by atoms with van der Waals surface area (Å²) in [5.74, 6) is 0.662. The van der Waals surface area contributed by atoms with Crippen LogP contribution >= 0.6 is 34.5 Å². The van der Waals surface area contributed by atoms with E-state index in [0.717, 1.165) is 43.9 Å². The number of hydrogen-bond acceptors (Lipinski definition) is 5. The zero-order chi connectivity index (χ0) is 27.5. The molecule has 6 nitrogen and oxygen atoms in total. The Bertz CT molecular complexity index is 1630. The zero-order valence-corrected chi connectivity index (χ0v) is 23.8. The predicted molar refractivity (Wildman–Crippen MR) is 159 cm³/mol. The third kappa shape index (κ3) is 5.97. The van der Waals surface area contributed by atoms with Crippen molar-refractivity contribution in [2.45, 2.75) is 19.4 Å². The molecule has 0 fully saturated rings. The van der Waals surface area contributed by atoms with E-state index in [-0.39, 0.29) is 18.6 Å². The molecule has 0 saturated carbocycles. The summed E-state index contributed by atoms with van der Waals surface area (Å²) in [6.07, 6.45) is 0.520. The van der Waals surface area contributed by atoms with Gasteiger partial charge in [0.1, 0.15) is 5.75 Å². The molecule has 0 bridgehead atoms. The van der Waals surface area contributed by atoms with Gasteiger partial charge in [0.15, 0.2) is 0 Å². The van der Waals surface area contributed by atoms with Crippen LogP contribution < -0.4 is 10.1 Å². The van der Waals surface area contributed by atoms with Gasteiger partial charge in [0.25, 0.3) is 5.91 Å². The second kappa shape index (κ2) is 11.8. The molecule has 0 radical (unpaired) electrons. The minimum Gasteiger partial charge on any atom is -0.497 e. The molecular formula is C30H27Cl2N3O3S. The quantitative estimate of drug-likeness (QED) is 0.177. The highest BCUT2D eigenvalue weighted by Gasteiger charge is 2.21. The fourth-order valence-corrected chi connectivity index (χ4v) is 5.93. The van der Waals surface area contributed by atoms with Crippen LogP contribution in [0.5, 0.6) is 5.75 Å². The maximum atomic E-state index is 12.6. The van der Waals surface area contributed by atoms with Crippen molar-refractivity contribution in [3.63, 3.8) is 0 Å². The second-order valence-electron chi connectivity index (χ2n) is 9.16. The largest absolute Gasteiger partial charge is 0.497 e. The Morgan fingerprint density at radius 1 is 1.00 bits per heavy atom. The van der Waals surface area contributed by atoms with Crippen LogP contribution in [0.3, 0.4) is 0 Å². The molecule has 0 aliphatic heterocycles. The minimum absolute atomic E-state index is 0.0393. The topological polar surface area (TPSA) is 76.4 Å². The minimum atomic E-state index is -0.154. The maximum Gasteiger partial charge on any atom is 0.261 e. The Balaban J connectivity index is 1.56. The highest BCUT2D eigenvalue weighted by Crippen LogP contribution is 2.36. The summed E-state index contributed by atoms with van der Waals surface area (Å²) in [6.45, 7) is 2.54. The fraction of sp³-hybridized carbons (Fsp3) is 0.200. The lowest BCUT2D eigenvalue weighted by atomic mass is 10.0. The average molecular weight is 581 g/mol. The normalized spacial score (nSPS) is 12.0. The molecule has 5 aromatic rings. The van der Waals surface area contributed by atoms with Crippen LogP contribution in [0.15, 0.2) is 72.8 Å². The number of carbonyl (C=O) groups is 1. The third-order valence-corrected chi connectivity index (χ3v) is 8.18. The standard InChI is InChI=1S/C30H27Cl2N3O3S/c1-18(28-8-9-29(39-28)30(37)33-10-3-11-36)35-27(17-26(34-35)22-13-23(31)16-24(32)14-22)21-5-4-20-15-25(38-2)7-6-19(20)12-21/h4-9,12-18,36H,3,10-11H2,1-2H3,(H,33,37). The molecule has 2 N–H and O–H groups in total. The SMILES string of the molecule is COc1ccc2cc(-c3cc(-c4cc(Cl)cc(Cl)c4)nn3C(C)c3ccc(C(=O)NCCCO)s3)ccc2c1. The lowest BCUT2D eigenvalue weighted by molar-refractivity contribution is 0.0955. The van der Waals surface area contributed by atoms with E-state index in [2.05, 4.69) is 30.4 Å². The van der Waals surface area contributed by atoms with Crippen LogP contribution in [-0.2, 0) is 0 Å². The molecule has 9 heteroatoms. The van der Waals surface area contributed by atoms with Crippen LogP contribution in [0.2, 0.25) is 10.0 Å². The second-order valence-corrected chi connectivity index (χ2v) is 11.1. The van der Waals surface area contributed by atoms with Gasteiger partial charge in [-0.3, -0.25) is 9.48 Å². The van der Waals surface area contributed by atoms with Crippen molar-refractivity contribution in [1.29, 1.82) is 0 Å². The van der Waals surface area contributed by atoms with E-state index in [4.69, 9.17) is 38.1 Å². The first-order chi connectivity index (χ1) is 18.9. The Labute approximate surface area is 240 Å². The van der Waals surface area contributed by atoms with E-state index in [0.29, 0.717) is 27.9 Å². The molecule has 39 heavy (non-hydrogen) atoms. The van der Waals surface area contributed by atoms with Crippen LogP contribution in [0.1, 0.15) is 33.9 Å². The number of thiophene rings is 1. The lowest BCUT2D eigenvalue weighted by Gasteiger charge is -2.15. The first kappa shape index (κ1) is 27.2. The smallest absolute Gasteiger partial charge is 0.261 e. The van der Waals surface area contributed by atoms with Gasteiger partial charge < -0.3 is 15.2 Å². The number of rotatable bonds is 9. The number of nitrogens with zero attached hydrogens (tertiary/aromatic N) is 2. The van der Waals surface area contributed by atoms with Crippen LogP contribution in [0.4, 0.5) is 0 Å². The number of methoxy groups -OCH3 is 1. The first-order valence-electron chi connectivity index (χ1n) is 12.5. The molecule has 2 heterocycles. The molecule has 2 aromatic heterocycles. The number of aliphatic hydroxyl groups is 1. The van der Waals surface area contributed by atoms with Gasteiger partial charge in [-0.1, -0.05) is 41.4 Å². The van der Waals surface area contributed by atoms with Gasteiger partial charge in [0, 0.05) is 39.2 Å². The zero-order valence-electron chi connectivity index (χ0n) is 21.4. The summed E-state index contributed by atoms with van der Waals surface area (Å²) in [5.41, 5.74) is 3.49. The van der Waals surface area contributed by atoms with Crippen molar-refractivity contribution in [3.05, 3.63) is 92.6 Å². The van der Waals surface area contributed by atoms with E-state index >= 15 is 0 Å². The van der Waals surface area contributed by atoms with E-state index in [9.17, 15) is 4.79 Å². The van der Waals surface area contributed by atoms with E-state index < -0.39 is 0 Å². The molecule has 0 aliphatic carbocycles. The number of hydrogen-bond donors (Lipinski definition) is 2. The molecule has 0 spiro atoms. The Kier molecular flexibility index (Phi) is 8.23. The average Bonchev–Trinajstić information content (AvgIpc) is 3.60. The van der Waals surface area contributed by atoms with Crippen LogP contribution in [-0.4, -0.2) is 41.1 Å². The molecular weight excluding hydrogens is 553 g/mol. The fourth-order valence-electron chi connectivity index (χ4n) is 4.45. The number of ether oxygens (including phenoxy) is 1. The molecule has 0 aliphatic rings. The van der Waals surface area contributed by atoms with Gasteiger partial charge in [-0.15, -0.1) is 11.3 Å². The van der Waals surface area contributed by atoms with Gasteiger partial charge in [0.2, 0.25) is 0 Å². The molecule has 3 aromatic carbocycles. The highest BCUT2D eigenvalue weighted by molar-refractivity contribution is 7.14. The number of benzene rings is 3. The van der Waals surface area contributed by atoms with E-state index in [1.165, 1.54) is 11.3 Å². The van der Waals surface area contributed by atoms with Crippen molar-refractivity contribution >= 4 is 51.2 Å². The Hall–Kier alpha value is -3.36. The van der Waals surface area contributed by atoms with Gasteiger partial charge in [-0.2, -0.15) is 5.10 Å². The van der Waals surface area contributed by atoms with Crippen molar-refractivity contribution < 1.29 is 14.6 Å². The molecule has 1 unspecified atom stereocenters. The summed E-state index contributed by atoms with van der Waals surface area (Å²) >= 11 is 14.1. The first-order valence-corrected chi connectivity index (χ1v) is 14.1. The summed E-state index contributed by atoms with van der Waals surface area (Å²) in [7, 11) is 1.66. The van der Waals surface area contributed by atoms with Crippen molar-refractivity contribution in [2.75, 3.05) is 20.3 Å². The highest BCUT2D eigenvalue weighted by atomic mass is 35.5. The van der Waals surface area contributed by atoms with Crippen LogP contribution in [0, 0.1) is 0 Å².